The average Bonchev–Trinajstić information content (AvgIpc) is 3.24. The van der Waals surface area contributed by atoms with Crippen molar-refractivity contribution < 1.29 is 9.53 Å². The molecular weight excluding hydrogens is 362 g/mol. The third-order valence-electron chi connectivity index (χ3n) is 5.56. The summed E-state index contributed by atoms with van der Waals surface area (Å²) in [5.74, 6) is 0.515. The summed E-state index contributed by atoms with van der Waals surface area (Å²) in [6, 6.07) is 16.6. The number of anilines is 1. The van der Waals surface area contributed by atoms with E-state index in [9.17, 15) is 4.79 Å². The molecule has 2 aromatic carbocycles. The number of nitrogens with zero attached hydrogens (tertiary/aromatic N) is 1. The number of hydrogen-bond donors (Lipinski definition) is 2. The quantitative estimate of drug-likeness (QED) is 0.667. The lowest BCUT2D eigenvalue weighted by molar-refractivity contribution is -0.121. The summed E-state index contributed by atoms with van der Waals surface area (Å²) in [6.45, 7) is 3.50. The van der Waals surface area contributed by atoms with Crippen molar-refractivity contribution in [3.63, 3.8) is 0 Å². The predicted molar refractivity (Wildman–Crippen MR) is 117 cm³/mol. The second kappa shape index (κ2) is 8.62. The molecule has 1 atom stereocenters. The molecule has 0 spiro atoms. The fraction of sp³-hybridized carbons (Fsp3) is 0.333. The fourth-order valence-corrected chi connectivity index (χ4v) is 3.87. The van der Waals surface area contributed by atoms with E-state index in [4.69, 9.17) is 10.5 Å². The van der Waals surface area contributed by atoms with Crippen molar-refractivity contribution in [1.82, 2.24) is 10.3 Å². The van der Waals surface area contributed by atoms with Crippen molar-refractivity contribution in [3.05, 3.63) is 59.7 Å². The van der Waals surface area contributed by atoms with Gasteiger partial charge in [-0.15, -0.1) is 0 Å². The van der Waals surface area contributed by atoms with Crippen LogP contribution in [0.3, 0.4) is 0 Å². The SMILES string of the molecule is Cc1ccccc1-c1ccc2nc(N)c(CCC(=O)NCC3CCCO3)cc2c1. The molecule has 4 rings (SSSR count). The number of pyridine rings is 1. The van der Waals surface area contributed by atoms with Gasteiger partial charge in [0, 0.05) is 25.0 Å². The number of carbonyl (C=O) groups excluding carboxylic acids is 1. The first-order valence-electron chi connectivity index (χ1n) is 10.2. The van der Waals surface area contributed by atoms with Crippen LogP contribution in [0, 0.1) is 6.92 Å². The zero-order valence-corrected chi connectivity index (χ0v) is 16.8. The third-order valence-corrected chi connectivity index (χ3v) is 5.56. The number of nitrogens with one attached hydrogen (secondary N) is 1. The van der Waals surface area contributed by atoms with Crippen LogP contribution in [0.4, 0.5) is 5.82 Å². The minimum Gasteiger partial charge on any atom is -0.383 e. The van der Waals surface area contributed by atoms with E-state index in [2.05, 4.69) is 53.6 Å². The first kappa shape index (κ1) is 19.4. The molecule has 0 bridgehead atoms. The minimum atomic E-state index is 0.0219. The van der Waals surface area contributed by atoms with Crippen LogP contribution in [0.2, 0.25) is 0 Å². The monoisotopic (exact) mass is 389 g/mol. The first-order valence-corrected chi connectivity index (χ1v) is 10.2. The van der Waals surface area contributed by atoms with Gasteiger partial charge in [0.2, 0.25) is 5.91 Å². The smallest absolute Gasteiger partial charge is 0.220 e. The van der Waals surface area contributed by atoms with Crippen LogP contribution in [0.25, 0.3) is 22.0 Å². The number of carbonyl (C=O) groups is 1. The molecule has 1 amide bonds. The van der Waals surface area contributed by atoms with Crippen LogP contribution < -0.4 is 11.1 Å². The number of amides is 1. The molecule has 29 heavy (non-hydrogen) atoms. The average molecular weight is 389 g/mol. The van der Waals surface area contributed by atoms with Gasteiger partial charge in [-0.25, -0.2) is 4.98 Å². The van der Waals surface area contributed by atoms with E-state index in [0.717, 1.165) is 41.5 Å². The van der Waals surface area contributed by atoms with Crippen molar-refractivity contribution in [2.75, 3.05) is 18.9 Å². The molecule has 5 nitrogen and oxygen atoms in total. The Kier molecular flexibility index (Phi) is 5.76. The molecule has 1 aliphatic heterocycles. The van der Waals surface area contributed by atoms with E-state index in [1.54, 1.807) is 0 Å². The summed E-state index contributed by atoms with van der Waals surface area (Å²) in [5.41, 5.74) is 11.5. The fourth-order valence-electron chi connectivity index (χ4n) is 3.87. The highest BCUT2D eigenvalue weighted by Gasteiger charge is 2.16. The van der Waals surface area contributed by atoms with E-state index in [1.807, 2.05) is 12.1 Å². The van der Waals surface area contributed by atoms with E-state index >= 15 is 0 Å². The number of ether oxygens (including phenoxy) is 1. The Balaban J connectivity index is 1.48. The van der Waals surface area contributed by atoms with Gasteiger partial charge in [-0.1, -0.05) is 30.3 Å². The van der Waals surface area contributed by atoms with Crippen molar-refractivity contribution in [1.29, 1.82) is 0 Å². The molecular formula is C24H27N3O2. The van der Waals surface area contributed by atoms with Crippen LogP contribution in [-0.2, 0) is 16.0 Å². The van der Waals surface area contributed by atoms with Crippen LogP contribution in [0.15, 0.2) is 48.5 Å². The predicted octanol–water partition coefficient (Wildman–Crippen LogP) is 4.02. The van der Waals surface area contributed by atoms with Crippen molar-refractivity contribution in [2.24, 2.45) is 0 Å². The van der Waals surface area contributed by atoms with Crippen LogP contribution in [0.1, 0.15) is 30.4 Å². The van der Waals surface area contributed by atoms with Gasteiger partial charge in [0.15, 0.2) is 0 Å². The largest absolute Gasteiger partial charge is 0.383 e. The van der Waals surface area contributed by atoms with E-state index in [1.165, 1.54) is 11.1 Å². The Hall–Kier alpha value is -2.92. The van der Waals surface area contributed by atoms with E-state index in [-0.39, 0.29) is 12.0 Å². The molecule has 1 unspecified atom stereocenters. The Morgan fingerprint density at radius 3 is 2.90 bits per heavy atom. The number of rotatable bonds is 6. The highest BCUT2D eigenvalue weighted by Crippen LogP contribution is 2.28. The molecule has 0 aliphatic carbocycles. The maximum absolute atomic E-state index is 12.2. The van der Waals surface area contributed by atoms with E-state index < -0.39 is 0 Å². The Morgan fingerprint density at radius 2 is 2.10 bits per heavy atom. The molecule has 1 aliphatic rings. The molecule has 5 heteroatoms. The molecule has 1 saturated heterocycles. The summed E-state index contributed by atoms with van der Waals surface area (Å²) in [4.78, 5) is 16.7. The zero-order chi connectivity index (χ0) is 20.2. The van der Waals surface area contributed by atoms with Gasteiger partial charge in [0.25, 0.3) is 0 Å². The summed E-state index contributed by atoms with van der Waals surface area (Å²) in [5, 5.41) is 4.00. The molecule has 1 fully saturated rings. The number of nitrogens with two attached hydrogens (primary N) is 1. The number of hydrogen-bond acceptors (Lipinski definition) is 4. The highest BCUT2D eigenvalue weighted by atomic mass is 16.5. The number of fused-ring (bicyclic) bond motifs is 1. The molecule has 3 N–H and O–H groups in total. The van der Waals surface area contributed by atoms with Gasteiger partial charge < -0.3 is 15.8 Å². The number of aromatic nitrogens is 1. The van der Waals surface area contributed by atoms with Gasteiger partial charge in [-0.2, -0.15) is 0 Å². The van der Waals surface area contributed by atoms with E-state index in [0.29, 0.717) is 25.2 Å². The summed E-state index contributed by atoms with van der Waals surface area (Å²) in [7, 11) is 0. The normalized spacial score (nSPS) is 16.2. The Bertz CT molecular complexity index is 1030. The Morgan fingerprint density at radius 1 is 1.24 bits per heavy atom. The van der Waals surface area contributed by atoms with Crippen molar-refractivity contribution in [2.45, 2.75) is 38.7 Å². The lowest BCUT2D eigenvalue weighted by Gasteiger charge is -2.12. The second-order valence-electron chi connectivity index (χ2n) is 7.69. The van der Waals surface area contributed by atoms with Gasteiger partial charge >= 0.3 is 0 Å². The maximum Gasteiger partial charge on any atom is 0.220 e. The topological polar surface area (TPSA) is 77.2 Å². The maximum atomic E-state index is 12.2. The van der Waals surface area contributed by atoms with Crippen LogP contribution in [0.5, 0.6) is 0 Å². The minimum absolute atomic E-state index is 0.0219. The van der Waals surface area contributed by atoms with Gasteiger partial charge in [-0.05, 0) is 66.6 Å². The number of aryl methyl sites for hydroxylation is 2. The first-order chi connectivity index (χ1) is 14.1. The third kappa shape index (κ3) is 4.57. The number of benzene rings is 2. The summed E-state index contributed by atoms with van der Waals surface area (Å²) in [6.07, 6.45) is 3.21. The van der Waals surface area contributed by atoms with Crippen molar-refractivity contribution >= 4 is 22.6 Å². The Labute approximate surface area is 171 Å². The van der Waals surface area contributed by atoms with Crippen LogP contribution >= 0.6 is 0 Å². The van der Waals surface area contributed by atoms with Gasteiger partial charge in [0.1, 0.15) is 5.82 Å². The molecule has 150 valence electrons. The molecule has 3 aromatic rings. The van der Waals surface area contributed by atoms with Gasteiger partial charge in [-0.3, -0.25) is 4.79 Å². The van der Waals surface area contributed by atoms with Crippen molar-refractivity contribution in [3.8, 4) is 11.1 Å². The zero-order valence-electron chi connectivity index (χ0n) is 16.8. The second-order valence-corrected chi connectivity index (χ2v) is 7.69. The molecule has 0 radical (unpaired) electrons. The highest BCUT2D eigenvalue weighted by molar-refractivity contribution is 5.87. The van der Waals surface area contributed by atoms with Gasteiger partial charge in [0.05, 0.1) is 11.6 Å². The molecule has 2 heterocycles. The standard InChI is InChI=1S/C24H27N3O2/c1-16-5-2-3-7-21(16)17-8-10-22-19(13-17)14-18(24(25)27-22)9-11-23(28)26-15-20-6-4-12-29-20/h2-3,5,7-8,10,13-14,20H,4,6,9,11-12,15H2,1H3,(H2,25,27)(H,26,28). The summed E-state index contributed by atoms with van der Waals surface area (Å²) < 4.78 is 5.54. The molecule has 1 aromatic heterocycles. The lowest BCUT2D eigenvalue weighted by atomic mass is 9.98. The summed E-state index contributed by atoms with van der Waals surface area (Å²) >= 11 is 0. The lowest BCUT2D eigenvalue weighted by Crippen LogP contribution is -2.31. The van der Waals surface area contributed by atoms with Crippen LogP contribution in [-0.4, -0.2) is 30.1 Å². The molecule has 0 saturated carbocycles. The number of nitrogen functional groups attached to an aromatic ring is 1.